The van der Waals surface area contributed by atoms with E-state index in [0.29, 0.717) is 11.4 Å². The molecule has 1 rings (SSSR count). The van der Waals surface area contributed by atoms with Crippen LogP contribution in [0.15, 0.2) is 24.3 Å². The quantitative estimate of drug-likeness (QED) is 0.770. The van der Waals surface area contributed by atoms with Crippen LogP contribution in [-0.2, 0) is 9.53 Å². The molecule has 1 atom stereocenters. The molecule has 0 heterocycles. The van der Waals surface area contributed by atoms with E-state index in [-0.39, 0.29) is 24.3 Å². The minimum atomic E-state index is -0.560. The first-order chi connectivity index (χ1) is 9.42. The van der Waals surface area contributed by atoms with Crippen molar-refractivity contribution in [1.82, 2.24) is 0 Å². The molecule has 1 unspecified atom stereocenters. The summed E-state index contributed by atoms with van der Waals surface area (Å²) >= 11 is 0. The highest BCUT2D eigenvalue weighted by Gasteiger charge is 2.13. The van der Waals surface area contributed by atoms with Gasteiger partial charge in [-0.15, -0.1) is 0 Å². The second-order valence-electron chi connectivity index (χ2n) is 4.86. The van der Waals surface area contributed by atoms with E-state index < -0.39 is 6.09 Å². The second kappa shape index (κ2) is 7.49. The highest BCUT2D eigenvalue weighted by molar-refractivity contribution is 5.92. The fourth-order valence-corrected chi connectivity index (χ4v) is 1.51. The number of benzene rings is 1. The lowest BCUT2D eigenvalue weighted by Crippen LogP contribution is -2.31. The lowest BCUT2D eigenvalue weighted by Gasteiger charge is -2.15. The highest BCUT2D eigenvalue weighted by atomic mass is 16.5. The number of anilines is 2. The molecule has 0 aliphatic carbocycles. The smallest absolute Gasteiger partial charge is 0.411 e. The monoisotopic (exact) mass is 279 g/mol. The minimum Gasteiger partial charge on any atom is -0.453 e. The fourth-order valence-electron chi connectivity index (χ4n) is 1.51. The molecular weight excluding hydrogens is 258 g/mol. The molecule has 0 aliphatic heterocycles. The van der Waals surface area contributed by atoms with Crippen LogP contribution >= 0.6 is 0 Å². The maximum atomic E-state index is 11.8. The van der Waals surface area contributed by atoms with Crippen LogP contribution in [0.5, 0.6) is 0 Å². The first-order valence-electron chi connectivity index (χ1n) is 6.43. The van der Waals surface area contributed by atoms with Gasteiger partial charge in [0.05, 0.1) is 7.11 Å². The van der Waals surface area contributed by atoms with Crippen molar-refractivity contribution in [2.24, 2.45) is 11.7 Å². The van der Waals surface area contributed by atoms with Gasteiger partial charge in [-0.05, 0) is 24.1 Å². The van der Waals surface area contributed by atoms with Crippen LogP contribution in [0.2, 0.25) is 0 Å². The molecule has 2 amide bonds. The van der Waals surface area contributed by atoms with E-state index in [1.165, 1.54) is 7.11 Å². The molecule has 0 saturated carbocycles. The Bertz CT molecular complexity index is 474. The fraction of sp³-hybridized carbons (Fsp3) is 0.429. The first-order valence-corrected chi connectivity index (χ1v) is 6.43. The largest absolute Gasteiger partial charge is 0.453 e. The SMILES string of the molecule is COC(=O)Nc1cccc(NC(=O)CC(N)C(C)C)c1. The molecule has 0 spiro atoms. The van der Waals surface area contributed by atoms with Crippen LogP contribution in [0.25, 0.3) is 0 Å². The molecule has 6 nitrogen and oxygen atoms in total. The summed E-state index contributed by atoms with van der Waals surface area (Å²) in [7, 11) is 1.29. The standard InChI is InChI=1S/C14H21N3O3/c1-9(2)12(15)8-13(18)16-10-5-4-6-11(7-10)17-14(19)20-3/h4-7,9,12H,8,15H2,1-3H3,(H,16,18)(H,17,19). The van der Waals surface area contributed by atoms with Gasteiger partial charge in [-0.2, -0.15) is 0 Å². The Balaban J connectivity index is 2.61. The number of nitrogens with one attached hydrogen (secondary N) is 2. The van der Waals surface area contributed by atoms with Crippen molar-refractivity contribution in [3.63, 3.8) is 0 Å². The van der Waals surface area contributed by atoms with Crippen LogP contribution in [0.3, 0.4) is 0 Å². The van der Waals surface area contributed by atoms with E-state index in [2.05, 4.69) is 15.4 Å². The number of hydrogen-bond donors (Lipinski definition) is 3. The summed E-state index contributed by atoms with van der Waals surface area (Å²) in [6.07, 6.45) is -0.304. The van der Waals surface area contributed by atoms with Crippen LogP contribution in [0.1, 0.15) is 20.3 Å². The summed E-state index contributed by atoms with van der Waals surface area (Å²) in [4.78, 5) is 22.9. The van der Waals surface area contributed by atoms with Crippen molar-refractivity contribution >= 4 is 23.4 Å². The lowest BCUT2D eigenvalue weighted by molar-refractivity contribution is -0.116. The summed E-state index contributed by atoms with van der Waals surface area (Å²) in [6.45, 7) is 3.94. The lowest BCUT2D eigenvalue weighted by atomic mass is 10.0. The number of rotatable bonds is 5. The maximum absolute atomic E-state index is 11.8. The van der Waals surface area contributed by atoms with Gasteiger partial charge in [-0.3, -0.25) is 10.1 Å². The van der Waals surface area contributed by atoms with Gasteiger partial charge in [-0.25, -0.2) is 4.79 Å². The predicted molar refractivity (Wildman–Crippen MR) is 78.5 cm³/mol. The van der Waals surface area contributed by atoms with Gasteiger partial charge in [0.2, 0.25) is 5.91 Å². The maximum Gasteiger partial charge on any atom is 0.411 e. The second-order valence-corrected chi connectivity index (χ2v) is 4.86. The number of ether oxygens (including phenoxy) is 1. The predicted octanol–water partition coefficient (Wildman–Crippen LogP) is 2.18. The molecule has 0 fully saturated rings. The molecule has 20 heavy (non-hydrogen) atoms. The number of carbonyl (C=O) groups excluding carboxylic acids is 2. The number of amides is 2. The molecule has 6 heteroatoms. The molecular formula is C14H21N3O3. The molecule has 0 bridgehead atoms. The van der Waals surface area contributed by atoms with E-state index in [1.807, 2.05) is 13.8 Å². The topological polar surface area (TPSA) is 93.5 Å². The summed E-state index contributed by atoms with van der Waals surface area (Å²) < 4.78 is 4.50. The van der Waals surface area contributed by atoms with Gasteiger partial charge in [0.15, 0.2) is 0 Å². The van der Waals surface area contributed by atoms with Crippen molar-refractivity contribution in [2.75, 3.05) is 17.7 Å². The van der Waals surface area contributed by atoms with Crippen LogP contribution in [0.4, 0.5) is 16.2 Å². The van der Waals surface area contributed by atoms with E-state index in [1.54, 1.807) is 24.3 Å². The van der Waals surface area contributed by atoms with Crippen LogP contribution in [0, 0.1) is 5.92 Å². The third-order valence-electron chi connectivity index (χ3n) is 2.86. The molecule has 0 saturated heterocycles. The molecule has 110 valence electrons. The summed E-state index contributed by atoms with van der Waals surface area (Å²) in [5.74, 6) is 0.0921. The van der Waals surface area contributed by atoms with Gasteiger partial charge in [0.25, 0.3) is 0 Å². The van der Waals surface area contributed by atoms with Gasteiger partial charge in [-0.1, -0.05) is 19.9 Å². The Hall–Kier alpha value is -2.08. The first kappa shape index (κ1) is 16.0. The van der Waals surface area contributed by atoms with E-state index in [0.717, 1.165) is 0 Å². The Morgan fingerprint density at radius 2 is 1.85 bits per heavy atom. The highest BCUT2D eigenvalue weighted by Crippen LogP contribution is 2.16. The van der Waals surface area contributed by atoms with Crippen molar-refractivity contribution in [3.8, 4) is 0 Å². The van der Waals surface area contributed by atoms with Crippen molar-refractivity contribution < 1.29 is 14.3 Å². The normalized spacial score (nSPS) is 11.8. The third-order valence-corrected chi connectivity index (χ3v) is 2.86. The van der Waals surface area contributed by atoms with Crippen molar-refractivity contribution in [3.05, 3.63) is 24.3 Å². The number of carbonyl (C=O) groups is 2. The molecule has 0 aliphatic rings. The average Bonchev–Trinajstić information content (AvgIpc) is 2.38. The molecule has 0 aromatic heterocycles. The van der Waals surface area contributed by atoms with E-state index in [9.17, 15) is 9.59 Å². The van der Waals surface area contributed by atoms with Crippen LogP contribution < -0.4 is 16.4 Å². The Kier molecular flexibility index (Phi) is 5.99. The zero-order valence-corrected chi connectivity index (χ0v) is 12.0. The summed E-state index contributed by atoms with van der Waals surface area (Å²) in [5.41, 5.74) is 6.99. The van der Waals surface area contributed by atoms with Crippen molar-refractivity contribution in [2.45, 2.75) is 26.3 Å². The number of methoxy groups -OCH3 is 1. The zero-order chi connectivity index (χ0) is 15.1. The van der Waals surface area contributed by atoms with Gasteiger partial charge >= 0.3 is 6.09 Å². The third kappa shape index (κ3) is 5.27. The minimum absolute atomic E-state index is 0.151. The Morgan fingerprint density at radius 3 is 2.40 bits per heavy atom. The molecule has 4 N–H and O–H groups in total. The Labute approximate surface area is 118 Å². The van der Waals surface area contributed by atoms with Gasteiger partial charge in [0.1, 0.15) is 0 Å². The molecule has 1 aromatic carbocycles. The number of nitrogens with two attached hydrogens (primary N) is 1. The number of hydrogen-bond acceptors (Lipinski definition) is 4. The van der Waals surface area contributed by atoms with E-state index >= 15 is 0 Å². The van der Waals surface area contributed by atoms with E-state index in [4.69, 9.17) is 5.73 Å². The summed E-state index contributed by atoms with van der Waals surface area (Å²) in [6, 6.07) is 6.64. The van der Waals surface area contributed by atoms with Gasteiger partial charge < -0.3 is 15.8 Å². The van der Waals surface area contributed by atoms with Crippen LogP contribution in [-0.4, -0.2) is 25.2 Å². The average molecular weight is 279 g/mol. The van der Waals surface area contributed by atoms with Gasteiger partial charge in [0, 0.05) is 23.8 Å². The molecule has 0 radical (unpaired) electrons. The Morgan fingerprint density at radius 1 is 1.25 bits per heavy atom. The summed E-state index contributed by atoms with van der Waals surface area (Å²) in [5, 5.41) is 5.28. The van der Waals surface area contributed by atoms with Crippen molar-refractivity contribution in [1.29, 1.82) is 0 Å². The molecule has 1 aromatic rings. The zero-order valence-electron chi connectivity index (χ0n) is 12.0.